The number of carbonyl (C=O) groups is 2. The van der Waals surface area contributed by atoms with Gasteiger partial charge in [-0.2, -0.15) is 0 Å². The molecule has 0 aliphatic heterocycles. The molecule has 0 aliphatic rings. The number of ketones is 2. The molecule has 0 aliphatic carbocycles. The van der Waals surface area contributed by atoms with Crippen molar-refractivity contribution in [3.05, 3.63) is 50.1 Å². The van der Waals surface area contributed by atoms with Crippen LogP contribution in [0.3, 0.4) is 0 Å². The van der Waals surface area contributed by atoms with Crippen molar-refractivity contribution in [2.24, 2.45) is 5.92 Å². The minimum Gasteiger partial charge on any atom is -0.299 e. The van der Waals surface area contributed by atoms with Crippen LogP contribution in [0.2, 0.25) is 0 Å². The Balaban J connectivity index is 3.33. The summed E-state index contributed by atoms with van der Waals surface area (Å²) in [7, 11) is 0. The van der Waals surface area contributed by atoms with Crippen LogP contribution in [0.5, 0.6) is 0 Å². The minimum atomic E-state index is -1.18. The average molecular weight is 294 g/mol. The van der Waals surface area contributed by atoms with Crippen molar-refractivity contribution in [3.8, 4) is 0 Å². The van der Waals surface area contributed by atoms with E-state index < -0.39 is 39.8 Å². The topological polar surface area (TPSA) is 120 Å². The molecule has 8 nitrogen and oxygen atoms in total. The molecule has 0 radical (unpaired) electrons. The van der Waals surface area contributed by atoms with Gasteiger partial charge in [0, 0.05) is 17.1 Å². The fraction of sp³-hybridized carbons (Fsp3) is 0.385. The number of nitrogens with zero attached hydrogens (tertiary/aromatic N) is 2. The van der Waals surface area contributed by atoms with E-state index in [1.165, 1.54) is 32.0 Å². The molecule has 1 aromatic rings. The van der Waals surface area contributed by atoms with Crippen LogP contribution >= 0.6 is 0 Å². The Morgan fingerprint density at radius 2 is 1.71 bits per heavy atom. The van der Waals surface area contributed by atoms with Gasteiger partial charge in [0.05, 0.1) is 16.8 Å². The normalized spacial score (nSPS) is 12.0. The smallest absolute Gasteiger partial charge is 0.269 e. The van der Waals surface area contributed by atoms with Crippen LogP contribution in [-0.4, -0.2) is 28.0 Å². The number of hydrogen-bond acceptors (Lipinski definition) is 6. The molecule has 0 saturated carbocycles. The van der Waals surface area contributed by atoms with Gasteiger partial charge < -0.3 is 0 Å². The second kappa shape index (κ2) is 6.69. The number of Topliss-reactive ketones (excluding diaryl/α,β-unsaturated/α-hetero) is 2. The lowest BCUT2D eigenvalue weighted by atomic mass is 9.81. The number of carbonyl (C=O) groups excluding carboxylic acids is 2. The molecule has 0 fully saturated rings. The summed E-state index contributed by atoms with van der Waals surface area (Å²) in [5.41, 5.74) is -0.0111. The fourth-order valence-corrected chi connectivity index (χ4v) is 2.29. The van der Waals surface area contributed by atoms with E-state index in [9.17, 15) is 29.8 Å². The van der Waals surface area contributed by atoms with Crippen LogP contribution in [0.1, 0.15) is 25.3 Å². The Bertz CT molecular complexity index is 584. The summed E-state index contributed by atoms with van der Waals surface area (Å²) in [6, 6.07) is 5.22. The molecule has 1 aromatic carbocycles. The maximum absolute atomic E-state index is 11.6. The van der Waals surface area contributed by atoms with Gasteiger partial charge in [-0.25, -0.2) is 0 Å². The van der Waals surface area contributed by atoms with E-state index >= 15 is 0 Å². The summed E-state index contributed by atoms with van der Waals surface area (Å²) >= 11 is 0. The van der Waals surface area contributed by atoms with Crippen molar-refractivity contribution >= 4 is 17.3 Å². The van der Waals surface area contributed by atoms with Crippen molar-refractivity contribution in [1.29, 1.82) is 0 Å². The highest BCUT2D eigenvalue weighted by Crippen LogP contribution is 2.29. The van der Waals surface area contributed by atoms with E-state index in [-0.39, 0.29) is 11.3 Å². The first-order valence-corrected chi connectivity index (χ1v) is 6.11. The van der Waals surface area contributed by atoms with E-state index in [0.717, 1.165) is 6.07 Å². The molecule has 0 amide bonds. The second-order valence-electron chi connectivity index (χ2n) is 4.67. The van der Waals surface area contributed by atoms with Gasteiger partial charge in [-0.15, -0.1) is 0 Å². The van der Waals surface area contributed by atoms with Crippen molar-refractivity contribution in [2.75, 3.05) is 6.54 Å². The van der Waals surface area contributed by atoms with Gasteiger partial charge in [-0.05, 0) is 19.4 Å². The van der Waals surface area contributed by atoms with Gasteiger partial charge in [0.25, 0.3) is 5.69 Å². The molecule has 0 saturated heterocycles. The van der Waals surface area contributed by atoms with Crippen LogP contribution in [0.25, 0.3) is 0 Å². The van der Waals surface area contributed by atoms with Crippen LogP contribution in [0, 0.1) is 26.1 Å². The van der Waals surface area contributed by atoms with Crippen LogP contribution in [-0.2, 0) is 9.59 Å². The zero-order chi connectivity index (χ0) is 16.2. The minimum absolute atomic E-state index is 0.233. The Morgan fingerprint density at radius 3 is 2.14 bits per heavy atom. The monoisotopic (exact) mass is 294 g/mol. The number of benzene rings is 1. The molecular weight excluding hydrogens is 280 g/mol. The molecule has 112 valence electrons. The third-order valence-electron chi connectivity index (χ3n) is 3.13. The highest BCUT2D eigenvalue weighted by molar-refractivity contribution is 6.01. The van der Waals surface area contributed by atoms with E-state index in [4.69, 9.17) is 0 Å². The Hall–Kier alpha value is -2.64. The Morgan fingerprint density at radius 1 is 1.14 bits per heavy atom. The quantitative estimate of drug-likeness (QED) is 0.429. The highest BCUT2D eigenvalue weighted by atomic mass is 16.6. The van der Waals surface area contributed by atoms with Crippen LogP contribution < -0.4 is 0 Å². The summed E-state index contributed by atoms with van der Waals surface area (Å²) in [6.07, 6.45) is 0. The maximum atomic E-state index is 11.6. The number of rotatable bonds is 7. The third-order valence-corrected chi connectivity index (χ3v) is 3.13. The van der Waals surface area contributed by atoms with Gasteiger partial charge in [0.2, 0.25) is 6.54 Å². The van der Waals surface area contributed by atoms with Crippen molar-refractivity contribution in [1.82, 2.24) is 0 Å². The molecular formula is C13H14N2O6. The fourth-order valence-electron chi connectivity index (χ4n) is 2.29. The molecule has 8 heteroatoms. The Kier molecular flexibility index (Phi) is 5.23. The van der Waals surface area contributed by atoms with Gasteiger partial charge in [0.1, 0.15) is 11.6 Å². The molecule has 0 heterocycles. The summed E-state index contributed by atoms with van der Waals surface area (Å²) in [4.78, 5) is 43.5. The maximum Gasteiger partial charge on any atom is 0.269 e. The summed E-state index contributed by atoms with van der Waals surface area (Å²) in [6.45, 7) is 1.71. The van der Waals surface area contributed by atoms with Gasteiger partial charge >= 0.3 is 0 Å². The lowest BCUT2D eigenvalue weighted by molar-refractivity contribution is -0.484. The van der Waals surface area contributed by atoms with Gasteiger partial charge in [-0.3, -0.25) is 29.8 Å². The first-order valence-electron chi connectivity index (χ1n) is 6.11. The standard InChI is InChI=1S/C13H14N2O6/c1-8(16)13(9(2)17)12(7-14(18)19)10-4-3-5-11(6-10)15(20)21/h3-6,12-13H,7H2,1-2H3/t12-/m1/s1. The van der Waals surface area contributed by atoms with E-state index in [1.54, 1.807) is 0 Å². The third kappa shape index (κ3) is 4.16. The number of nitro groups is 2. The lowest BCUT2D eigenvalue weighted by Crippen LogP contribution is -2.31. The first-order chi connectivity index (χ1) is 9.73. The molecule has 0 spiro atoms. The number of non-ortho nitro benzene ring substituents is 1. The molecule has 0 bridgehead atoms. The molecule has 0 N–H and O–H groups in total. The van der Waals surface area contributed by atoms with E-state index in [0.29, 0.717) is 0 Å². The van der Waals surface area contributed by atoms with Gasteiger partial charge in [-0.1, -0.05) is 12.1 Å². The Labute approximate surface area is 120 Å². The SMILES string of the molecule is CC(=O)C(C(C)=O)[C@H](C[N+](=O)[O-])c1cccc([N+](=O)[O-])c1. The summed E-state index contributed by atoms with van der Waals surface area (Å²) in [5, 5.41) is 21.6. The summed E-state index contributed by atoms with van der Waals surface area (Å²) < 4.78 is 0. The molecule has 21 heavy (non-hydrogen) atoms. The van der Waals surface area contributed by atoms with Crippen molar-refractivity contribution in [3.63, 3.8) is 0 Å². The zero-order valence-electron chi connectivity index (χ0n) is 11.5. The molecule has 0 aromatic heterocycles. The van der Waals surface area contributed by atoms with Crippen LogP contribution in [0.15, 0.2) is 24.3 Å². The van der Waals surface area contributed by atoms with E-state index in [2.05, 4.69) is 0 Å². The summed E-state index contributed by atoms with van der Waals surface area (Å²) in [5.74, 6) is -3.20. The average Bonchev–Trinajstić information content (AvgIpc) is 2.36. The number of hydrogen-bond donors (Lipinski definition) is 0. The molecule has 1 atom stereocenters. The second-order valence-corrected chi connectivity index (χ2v) is 4.67. The number of nitro benzene ring substituents is 1. The predicted octanol–water partition coefficient (Wildman–Crippen LogP) is 1.75. The zero-order valence-corrected chi connectivity index (χ0v) is 11.5. The highest BCUT2D eigenvalue weighted by Gasteiger charge is 2.35. The van der Waals surface area contributed by atoms with Crippen molar-refractivity contribution in [2.45, 2.75) is 19.8 Å². The predicted molar refractivity (Wildman–Crippen MR) is 72.6 cm³/mol. The van der Waals surface area contributed by atoms with E-state index in [1.807, 2.05) is 0 Å². The van der Waals surface area contributed by atoms with Crippen molar-refractivity contribution < 1.29 is 19.4 Å². The molecule has 1 rings (SSSR count). The largest absolute Gasteiger partial charge is 0.299 e. The van der Waals surface area contributed by atoms with Crippen LogP contribution in [0.4, 0.5) is 5.69 Å². The first kappa shape index (κ1) is 16.4. The molecule has 0 unspecified atom stereocenters. The van der Waals surface area contributed by atoms with Gasteiger partial charge in [0.15, 0.2) is 0 Å². The lowest BCUT2D eigenvalue weighted by Gasteiger charge is -2.20.